The lowest BCUT2D eigenvalue weighted by atomic mass is 10.2. The summed E-state index contributed by atoms with van der Waals surface area (Å²) < 4.78 is 1.67. The molecule has 0 amide bonds. The third kappa shape index (κ3) is 1.21. The van der Waals surface area contributed by atoms with Crippen LogP contribution in [0.15, 0.2) is 24.9 Å². The smallest absolute Gasteiger partial charge is 0.326 e. The van der Waals surface area contributed by atoms with E-state index in [1.165, 1.54) is 12.5 Å². The molecule has 72 valence electrons. The molecule has 0 fully saturated rings. The summed E-state index contributed by atoms with van der Waals surface area (Å²) in [4.78, 5) is 18.5. The van der Waals surface area contributed by atoms with E-state index in [0.29, 0.717) is 11.2 Å². The number of aromatic nitrogens is 3. The Kier molecular flexibility index (Phi) is 1.90. The van der Waals surface area contributed by atoms with Crippen molar-refractivity contribution in [3.8, 4) is 0 Å². The zero-order valence-corrected chi connectivity index (χ0v) is 7.16. The summed E-state index contributed by atoms with van der Waals surface area (Å²) in [6.45, 7) is 0. The summed E-state index contributed by atoms with van der Waals surface area (Å²) >= 11 is 0. The number of nitrogens with two attached hydrogens (primary N) is 1. The maximum Gasteiger partial charge on any atom is 0.326 e. The lowest BCUT2D eigenvalue weighted by Gasteiger charge is -2.02. The Bertz CT molecular complexity index is 479. The van der Waals surface area contributed by atoms with Crippen LogP contribution in [0.5, 0.6) is 0 Å². The van der Waals surface area contributed by atoms with Crippen molar-refractivity contribution >= 4 is 11.5 Å². The number of rotatable bonds is 2. The van der Waals surface area contributed by atoms with E-state index in [9.17, 15) is 4.79 Å². The van der Waals surface area contributed by atoms with Gasteiger partial charge in [0.1, 0.15) is 6.04 Å². The number of imidazole rings is 1. The van der Waals surface area contributed by atoms with E-state index in [-0.39, 0.29) is 0 Å². The van der Waals surface area contributed by atoms with Crippen molar-refractivity contribution in [3.05, 3.63) is 30.6 Å². The Morgan fingerprint density at radius 3 is 3.14 bits per heavy atom. The molecule has 2 rings (SSSR count). The molecule has 0 aliphatic rings. The van der Waals surface area contributed by atoms with Gasteiger partial charge in [0.25, 0.3) is 0 Å². The van der Waals surface area contributed by atoms with Crippen molar-refractivity contribution in [2.75, 3.05) is 0 Å². The van der Waals surface area contributed by atoms with Gasteiger partial charge in [0.2, 0.25) is 0 Å². The Labute approximate surface area is 79.0 Å². The molecule has 0 radical (unpaired) electrons. The summed E-state index contributed by atoms with van der Waals surface area (Å²) in [6, 6.07) is -1.11. The van der Waals surface area contributed by atoms with E-state index >= 15 is 0 Å². The summed E-state index contributed by atoms with van der Waals surface area (Å²) in [5.74, 6) is -1.10. The average Bonchev–Trinajstić information content (AvgIpc) is 2.60. The van der Waals surface area contributed by atoms with Gasteiger partial charge in [0.15, 0.2) is 0 Å². The fourth-order valence-corrected chi connectivity index (χ4v) is 1.22. The molecule has 0 aromatic carbocycles. The average molecular weight is 192 g/mol. The van der Waals surface area contributed by atoms with Gasteiger partial charge in [-0.05, 0) is 0 Å². The fraction of sp³-hybridized carbons (Fsp3) is 0.125. The number of carboxylic acids is 1. The van der Waals surface area contributed by atoms with Crippen LogP contribution in [-0.2, 0) is 4.79 Å². The zero-order valence-electron chi connectivity index (χ0n) is 7.16. The van der Waals surface area contributed by atoms with Gasteiger partial charge in [-0.25, -0.2) is 4.98 Å². The highest BCUT2D eigenvalue weighted by Gasteiger charge is 2.19. The van der Waals surface area contributed by atoms with E-state index in [1.54, 1.807) is 16.8 Å². The maximum absolute atomic E-state index is 10.6. The number of nitrogens with zero attached hydrogens (tertiary/aromatic N) is 3. The highest BCUT2D eigenvalue weighted by molar-refractivity contribution is 5.77. The second kappa shape index (κ2) is 3.08. The van der Waals surface area contributed by atoms with Gasteiger partial charge in [-0.3, -0.25) is 9.78 Å². The predicted octanol–water partition coefficient (Wildman–Crippen LogP) is -0.186. The topological polar surface area (TPSA) is 93.5 Å². The van der Waals surface area contributed by atoms with Crippen LogP contribution in [0.1, 0.15) is 11.7 Å². The number of fused-ring (bicyclic) bond motifs is 1. The third-order valence-corrected chi connectivity index (χ3v) is 1.93. The van der Waals surface area contributed by atoms with E-state index < -0.39 is 12.0 Å². The molecule has 0 saturated carbocycles. The molecule has 0 aliphatic carbocycles. The van der Waals surface area contributed by atoms with Crippen molar-refractivity contribution in [2.24, 2.45) is 5.73 Å². The molecule has 0 saturated heterocycles. The van der Waals surface area contributed by atoms with E-state index in [1.807, 2.05) is 0 Å². The molecule has 1 unspecified atom stereocenters. The van der Waals surface area contributed by atoms with Gasteiger partial charge in [-0.15, -0.1) is 0 Å². The van der Waals surface area contributed by atoms with Crippen LogP contribution in [-0.4, -0.2) is 25.4 Å². The first kappa shape index (κ1) is 8.64. The predicted molar refractivity (Wildman–Crippen MR) is 47.6 cm³/mol. The highest BCUT2D eigenvalue weighted by atomic mass is 16.4. The summed E-state index contributed by atoms with van der Waals surface area (Å²) in [6.07, 6.45) is 6.31. The molecule has 1 atom stereocenters. The molecule has 0 spiro atoms. The van der Waals surface area contributed by atoms with Crippen LogP contribution in [0.25, 0.3) is 5.52 Å². The second-order valence-electron chi connectivity index (χ2n) is 2.81. The van der Waals surface area contributed by atoms with E-state index in [0.717, 1.165) is 0 Å². The Morgan fingerprint density at radius 1 is 1.64 bits per heavy atom. The SMILES string of the molecule is NC(C(=O)O)c1ncn2ccncc12. The monoisotopic (exact) mass is 192 g/mol. The lowest BCUT2D eigenvalue weighted by Crippen LogP contribution is -2.21. The molecule has 6 nitrogen and oxygen atoms in total. The summed E-state index contributed by atoms with van der Waals surface area (Å²) in [5, 5.41) is 8.72. The Morgan fingerprint density at radius 2 is 2.43 bits per heavy atom. The van der Waals surface area contributed by atoms with Crippen molar-refractivity contribution in [3.63, 3.8) is 0 Å². The Hall–Kier alpha value is -1.95. The third-order valence-electron chi connectivity index (χ3n) is 1.93. The molecule has 0 bridgehead atoms. The molecular formula is C8H8N4O2. The molecule has 3 N–H and O–H groups in total. The van der Waals surface area contributed by atoms with Gasteiger partial charge in [-0.1, -0.05) is 0 Å². The highest BCUT2D eigenvalue weighted by Crippen LogP contribution is 2.14. The fourth-order valence-electron chi connectivity index (χ4n) is 1.22. The van der Waals surface area contributed by atoms with E-state index in [2.05, 4.69) is 9.97 Å². The minimum absolute atomic E-state index is 0.325. The van der Waals surface area contributed by atoms with Gasteiger partial charge >= 0.3 is 5.97 Å². The number of carboxylic acid groups (broad SMARTS) is 1. The molecule has 14 heavy (non-hydrogen) atoms. The first-order valence-electron chi connectivity index (χ1n) is 3.95. The van der Waals surface area contributed by atoms with Gasteiger partial charge in [0, 0.05) is 12.4 Å². The second-order valence-corrected chi connectivity index (χ2v) is 2.81. The summed E-state index contributed by atoms with van der Waals surface area (Å²) in [5.41, 5.74) is 6.38. The van der Waals surface area contributed by atoms with Crippen LogP contribution in [0.4, 0.5) is 0 Å². The normalized spacial score (nSPS) is 12.9. The van der Waals surface area contributed by atoms with Crippen LogP contribution in [0.2, 0.25) is 0 Å². The van der Waals surface area contributed by atoms with Gasteiger partial charge < -0.3 is 15.2 Å². The van der Waals surface area contributed by atoms with Crippen LogP contribution in [0.3, 0.4) is 0 Å². The van der Waals surface area contributed by atoms with Crippen LogP contribution >= 0.6 is 0 Å². The van der Waals surface area contributed by atoms with Crippen LogP contribution < -0.4 is 5.73 Å². The number of aliphatic carboxylic acids is 1. The largest absolute Gasteiger partial charge is 0.480 e. The molecule has 2 aromatic heterocycles. The molecule has 2 aromatic rings. The number of carbonyl (C=O) groups is 1. The quantitative estimate of drug-likeness (QED) is 0.688. The Balaban J connectivity index is 2.58. The van der Waals surface area contributed by atoms with E-state index in [4.69, 9.17) is 10.8 Å². The minimum Gasteiger partial charge on any atom is -0.480 e. The number of hydrogen-bond acceptors (Lipinski definition) is 4. The van der Waals surface area contributed by atoms with Crippen molar-refractivity contribution in [1.82, 2.24) is 14.4 Å². The molecule has 6 heteroatoms. The number of hydrogen-bond donors (Lipinski definition) is 2. The molecule has 0 aliphatic heterocycles. The first-order valence-corrected chi connectivity index (χ1v) is 3.95. The van der Waals surface area contributed by atoms with Crippen LogP contribution in [0, 0.1) is 0 Å². The lowest BCUT2D eigenvalue weighted by molar-refractivity contribution is -0.138. The molecular weight excluding hydrogens is 184 g/mol. The van der Waals surface area contributed by atoms with Crippen molar-refractivity contribution < 1.29 is 9.90 Å². The van der Waals surface area contributed by atoms with Crippen molar-refractivity contribution in [2.45, 2.75) is 6.04 Å². The molecule has 2 heterocycles. The minimum atomic E-state index is -1.11. The zero-order chi connectivity index (χ0) is 10.1. The summed E-state index contributed by atoms with van der Waals surface area (Å²) in [7, 11) is 0. The van der Waals surface area contributed by atoms with Gasteiger partial charge in [-0.2, -0.15) is 0 Å². The van der Waals surface area contributed by atoms with Gasteiger partial charge in [0.05, 0.1) is 23.7 Å². The maximum atomic E-state index is 10.6. The van der Waals surface area contributed by atoms with Crippen molar-refractivity contribution in [1.29, 1.82) is 0 Å². The first-order chi connectivity index (χ1) is 6.70. The standard InChI is InChI=1S/C8H8N4O2/c9-6(8(13)14)7-5-3-10-1-2-12(5)4-11-7/h1-4,6H,9H2,(H,13,14).